The largest absolute Gasteiger partial charge is 0.366 e. The summed E-state index contributed by atoms with van der Waals surface area (Å²) < 4.78 is 0. The monoisotopic (exact) mass is 176 g/mol. The molecular weight excluding hydrogens is 160 g/mol. The van der Waals surface area contributed by atoms with Crippen molar-refractivity contribution >= 4 is 5.84 Å². The van der Waals surface area contributed by atoms with Crippen LogP contribution in [0.25, 0.3) is 0 Å². The third-order valence-corrected chi connectivity index (χ3v) is 2.00. The lowest BCUT2D eigenvalue weighted by atomic mass is 10.2. The van der Waals surface area contributed by atoms with E-state index in [0.717, 1.165) is 30.8 Å². The number of nitrogens with zero attached hydrogens (tertiary/aromatic N) is 1. The van der Waals surface area contributed by atoms with Crippen molar-refractivity contribution in [3.05, 3.63) is 11.6 Å². The van der Waals surface area contributed by atoms with Crippen molar-refractivity contribution in [2.75, 3.05) is 6.54 Å². The standard InChI is InChI=1S/C11H16N2/c1-4-6-11-12-8-10(13-11)7-9(3)5-2/h2,7,10H,4,6,8H2,1,3H3,(H,12,13)/b9-7-. The summed E-state index contributed by atoms with van der Waals surface area (Å²) >= 11 is 0. The summed E-state index contributed by atoms with van der Waals surface area (Å²) in [6, 6.07) is 0.317. The van der Waals surface area contributed by atoms with Crippen molar-refractivity contribution in [3.63, 3.8) is 0 Å². The molecule has 70 valence electrons. The summed E-state index contributed by atoms with van der Waals surface area (Å²) in [5.41, 5.74) is 0.977. The molecule has 0 aliphatic carbocycles. The van der Waals surface area contributed by atoms with Gasteiger partial charge in [-0.25, -0.2) is 0 Å². The fourth-order valence-electron chi connectivity index (χ4n) is 1.35. The van der Waals surface area contributed by atoms with E-state index < -0.39 is 0 Å². The van der Waals surface area contributed by atoms with Crippen molar-refractivity contribution in [2.45, 2.75) is 32.7 Å². The molecule has 0 radical (unpaired) electrons. The molecule has 0 aromatic rings. The fraction of sp³-hybridized carbons (Fsp3) is 0.545. The van der Waals surface area contributed by atoms with E-state index in [1.54, 1.807) is 0 Å². The number of hydrogen-bond donors (Lipinski definition) is 1. The Kier molecular flexibility index (Phi) is 3.57. The summed E-state index contributed by atoms with van der Waals surface area (Å²) in [6.07, 6.45) is 9.50. The highest BCUT2D eigenvalue weighted by Gasteiger charge is 2.13. The minimum absolute atomic E-state index is 0.317. The SMILES string of the molecule is C#C/C(C)=C\C1CN=C(CCC)N1. The summed E-state index contributed by atoms with van der Waals surface area (Å²) in [5, 5.41) is 3.34. The van der Waals surface area contributed by atoms with E-state index in [2.05, 4.69) is 29.2 Å². The molecule has 0 saturated carbocycles. The molecule has 1 heterocycles. The number of amidine groups is 1. The number of aliphatic imine (C=N–C) groups is 1. The predicted molar refractivity (Wildman–Crippen MR) is 56.7 cm³/mol. The van der Waals surface area contributed by atoms with Gasteiger partial charge in [0.25, 0.3) is 0 Å². The highest BCUT2D eigenvalue weighted by molar-refractivity contribution is 5.84. The molecule has 0 saturated heterocycles. The molecule has 0 spiro atoms. The summed E-state index contributed by atoms with van der Waals surface area (Å²) in [4.78, 5) is 4.39. The highest BCUT2D eigenvalue weighted by atomic mass is 15.1. The van der Waals surface area contributed by atoms with Gasteiger partial charge in [-0.2, -0.15) is 0 Å². The van der Waals surface area contributed by atoms with E-state index in [0.29, 0.717) is 6.04 Å². The normalized spacial score (nSPS) is 22.1. The van der Waals surface area contributed by atoms with Crippen LogP contribution < -0.4 is 5.32 Å². The van der Waals surface area contributed by atoms with E-state index in [1.807, 2.05) is 6.92 Å². The van der Waals surface area contributed by atoms with Crippen molar-refractivity contribution in [1.82, 2.24) is 5.32 Å². The third kappa shape index (κ3) is 2.95. The Bertz CT molecular complexity index is 268. The third-order valence-electron chi connectivity index (χ3n) is 2.00. The van der Waals surface area contributed by atoms with Crippen LogP contribution in [0.4, 0.5) is 0 Å². The molecule has 1 rings (SSSR count). The smallest absolute Gasteiger partial charge is 0.0969 e. The maximum Gasteiger partial charge on any atom is 0.0969 e. The summed E-state index contributed by atoms with van der Waals surface area (Å²) in [5.74, 6) is 3.73. The van der Waals surface area contributed by atoms with Gasteiger partial charge in [0.15, 0.2) is 0 Å². The zero-order chi connectivity index (χ0) is 9.68. The zero-order valence-electron chi connectivity index (χ0n) is 8.30. The molecule has 1 aliphatic heterocycles. The quantitative estimate of drug-likeness (QED) is 0.651. The second-order valence-corrected chi connectivity index (χ2v) is 3.28. The van der Waals surface area contributed by atoms with E-state index >= 15 is 0 Å². The average molecular weight is 176 g/mol. The lowest BCUT2D eigenvalue weighted by Gasteiger charge is -2.06. The molecule has 1 unspecified atom stereocenters. The van der Waals surface area contributed by atoms with Crippen LogP contribution in [0.1, 0.15) is 26.7 Å². The first-order valence-corrected chi connectivity index (χ1v) is 4.71. The fourth-order valence-corrected chi connectivity index (χ4v) is 1.35. The second kappa shape index (κ2) is 4.71. The Hall–Kier alpha value is -1.23. The molecule has 1 atom stereocenters. The van der Waals surface area contributed by atoms with Gasteiger partial charge in [-0.15, -0.1) is 6.42 Å². The molecule has 1 N–H and O–H groups in total. The van der Waals surface area contributed by atoms with Crippen molar-refractivity contribution < 1.29 is 0 Å². The van der Waals surface area contributed by atoms with Gasteiger partial charge in [-0.3, -0.25) is 4.99 Å². The van der Waals surface area contributed by atoms with Gasteiger partial charge in [0.2, 0.25) is 0 Å². The van der Waals surface area contributed by atoms with Gasteiger partial charge in [0.1, 0.15) is 0 Å². The van der Waals surface area contributed by atoms with Gasteiger partial charge in [-0.05, 0) is 25.0 Å². The van der Waals surface area contributed by atoms with Gasteiger partial charge < -0.3 is 5.32 Å². The van der Waals surface area contributed by atoms with Crippen LogP contribution in [0.5, 0.6) is 0 Å². The number of allylic oxidation sites excluding steroid dienone is 1. The summed E-state index contributed by atoms with van der Waals surface area (Å²) in [6.45, 7) is 4.92. The molecule has 0 bridgehead atoms. The van der Waals surface area contributed by atoms with E-state index in [9.17, 15) is 0 Å². The number of rotatable bonds is 3. The van der Waals surface area contributed by atoms with E-state index in [4.69, 9.17) is 6.42 Å². The van der Waals surface area contributed by atoms with Crippen LogP contribution in [-0.2, 0) is 0 Å². The van der Waals surface area contributed by atoms with Crippen LogP contribution >= 0.6 is 0 Å². The second-order valence-electron chi connectivity index (χ2n) is 3.28. The zero-order valence-corrected chi connectivity index (χ0v) is 8.30. The molecule has 2 nitrogen and oxygen atoms in total. The maximum atomic E-state index is 5.26. The number of nitrogens with one attached hydrogen (secondary N) is 1. The molecule has 13 heavy (non-hydrogen) atoms. The lowest BCUT2D eigenvalue weighted by molar-refractivity contribution is 0.784. The van der Waals surface area contributed by atoms with Gasteiger partial charge in [-0.1, -0.05) is 12.8 Å². The Morgan fingerprint density at radius 2 is 2.62 bits per heavy atom. The first-order valence-electron chi connectivity index (χ1n) is 4.71. The molecule has 0 fully saturated rings. The van der Waals surface area contributed by atoms with E-state index in [-0.39, 0.29) is 0 Å². The van der Waals surface area contributed by atoms with Crippen LogP contribution in [0, 0.1) is 12.3 Å². The minimum Gasteiger partial charge on any atom is -0.366 e. The van der Waals surface area contributed by atoms with Crippen LogP contribution in [0.2, 0.25) is 0 Å². The molecule has 0 aromatic carbocycles. The Labute approximate surface area is 80.1 Å². The Morgan fingerprint density at radius 3 is 3.23 bits per heavy atom. The molecule has 0 amide bonds. The van der Waals surface area contributed by atoms with Crippen molar-refractivity contribution in [3.8, 4) is 12.3 Å². The topological polar surface area (TPSA) is 24.4 Å². The minimum atomic E-state index is 0.317. The number of terminal acetylenes is 1. The van der Waals surface area contributed by atoms with Gasteiger partial charge >= 0.3 is 0 Å². The maximum absolute atomic E-state index is 5.26. The molecular formula is C11H16N2. The van der Waals surface area contributed by atoms with Crippen LogP contribution in [0.3, 0.4) is 0 Å². The predicted octanol–water partition coefficient (Wildman–Crippen LogP) is 1.74. The molecule has 0 aromatic heterocycles. The summed E-state index contributed by atoms with van der Waals surface area (Å²) in [7, 11) is 0. The van der Waals surface area contributed by atoms with Gasteiger partial charge in [0, 0.05) is 6.42 Å². The average Bonchev–Trinajstić information content (AvgIpc) is 2.53. The highest BCUT2D eigenvalue weighted by Crippen LogP contribution is 2.04. The number of hydrogen-bond acceptors (Lipinski definition) is 2. The van der Waals surface area contributed by atoms with Crippen molar-refractivity contribution in [1.29, 1.82) is 0 Å². The van der Waals surface area contributed by atoms with Crippen molar-refractivity contribution in [2.24, 2.45) is 4.99 Å². The molecule has 2 heteroatoms. The van der Waals surface area contributed by atoms with Gasteiger partial charge in [0.05, 0.1) is 18.4 Å². The lowest BCUT2D eigenvalue weighted by Crippen LogP contribution is -2.28. The van der Waals surface area contributed by atoms with Crippen LogP contribution in [-0.4, -0.2) is 18.4 Å². The van der Waals surface area contributed by atoms with Crippen LogP contribution in [0.15, 0.2) is 16.6 Å². The first-order chi connectivity index (χ1) is 6.26. The Morgan fingerprint density at radius 1 is 1.85 bits per heavy atom. The van der Waals surface area contributed by atoms with E-state index in [1.165, 1.54) is 0 Å². The molecule has 1 aliphatic rings. The first kappa shape index (κ1) is 9.85. The Balaban J connectivity index is 2.42.